The zero-order chi connectivity index (χ0) is 60.6. The molecule has 0 bridgehead atoms. The molecule has 0 amide bonds. The second kappa shape index (κ2) is 20.5. The van der Waals surface area contributed by atoms with E-state index < -0.39 is 0 Å². The van der Waals surface area contributed by atoms with E-state index in [-0.39, 0.29) is 17.5 Å². The van der Waals surface area contributed by atoms with Crippen molar-refractivity contribution < 1.29 is 0 Å². The fraction of sp³-hybridized carbons (Fsp3) is 0.119. The highest BCUT2D eigenvalue weighted by atomic mass is 15.2. The molecule has 5 nitrogen and oxygen atoms in total. The highest BCUT2D eigenvalue weighted by molar-refractivity contribution is 7.00. The number of hydrogen-bond acceptors (Lipinski definition) is 3. The van der Waals surface area contributed by atoms with Crippen molar-refractivity contribution in [2.45, 2.75) is 65.2 Å². The Bertz CT molecular complexity index is 4890. The van der Waals surface area contributed by atoms with E-state index >= 15 is 0 Å². The van der Waals surface area contributed by atoms with Gasteiger partial charge in [0.05, 0.1) is 28.1 Å². The van der Waals surface area contributed by atoms with Gasteiger partial charge in [0.1, 0.15) is 0 Å². The van der Waals surface area contributed by atoms with Crippen LogP contribution in [0.5, 0.6) is 0 Å². The molecule has 0 spiro atoms. The van der Waals surface area contributed by atoms with Crippen molar-refractivity contribution in [2.24, 2.45) is 0 Å². The summed E-state index contributed by atoms with van der Waals surface area (Å²) in [6.45, 7) is 13.9. The van der Waals surface area contributed by atoms with E-state index in [0.717, 1.165) is 64.0 Å². The maximum Gasteiger partial charge on any atom is 0.252 e. The van der Waals surface area contributed by atoms with Crippen molar-refractivity contribution in [3.8, 4) is 11.4 Å². The Morgan fingerprint density at radius 2 is 0.633 bits per heavy atom. The van der Waals surface area contributed by atoms with Gasteiger partial charge in [-0.1, -0.05) is 199 Å². The second-order valence-electron chi connectivity index (χ2n) is 26.3. The smallest absolute Gasteiger partial charge is 0.252 e. The molecule has 90 heavy (non-hydrogen) atoms. The minimum atomic E-state index is -0.0916. The van der Waals surface area contributed by atoms with E-state index in [1.165, 1.54) is 104 Å². The van der Waals surface area contributed by atoms with Crippen LogP contribution < -0.4 is 31.1 Å². The van der Waals surface area contributed by atoms with Crippen LogP contribution in [-0.2, 0) is 10.8 Å². The van der Waals surface area contributed by atoms with Crippen LogP contribution in [0, 0.1) is 0 Å². The Morgan fingerprint density at radius 1 is 0.311 bits per heavy atom. The SMILES string of the molecule is CCC(C)(C)c1ccc(N(c2ccc(C(C)(C)CC)cc2)c2cc3c4c(c2)-n2ccc5c(N(c6ccc7ccccc7c6)c6ccc7ccccc7c6)ccc(c52)B4c2ccc(N(c4ccc5ccccc5c4)c4ccc5ccccc5c4)c4ccn-3c24)cc1. The van der Waals surface area contributed by atoms with Gasteiger partial charge in [0, 0.05) is 68.7 Å². The zero-order valence-electron chi connectivity index (χ0n) is 51.8. The van der Waals surface area contributed by atoms with E-state index in [0.29, 0.717) is 0 Å². The maximum atomic E-state index is 2.52. The van der Waals surface area contributed by atoms with Crippen molar-refractivity contribution in [3.05, 3.63) is 290 Å². The minimum Gasteiger partial charge on any atom is -0.317 e. The van der Waals surface area contributed by atoms with Crippen LogP contribution in [0.2, 0.25) is 0 Å². The molecule has 0 atom stereocenters. The summed E-state index contributed by atoms with van der Waals surface area (Å²) in [4.78, 5) is 7.47. The number of aromatic nitrogens is 2. The Morgan fingerprint density at radius 3 is 0.967 bits per heavy atom. The van der Waals surface area contributed by atoms with Gasteiger partial charge in [-0.2, -0.15) is 0 Å². The fourth-order valence-corrected chi connectivity index (χ4v) is 14.8. The van der Waals surface area contributed by atoms with Crippen molar-refractivity contribution in [1.29, 1.82) is 0 Å². The van der Waals surface area contributed by atoms with Crippen LogP contribution >= 0.6 is 0 Å². The summed E-state index contributed by atoms with van der Waals surface area (Å²) in [5, 5.41) is 12.1. The molecule has 432 valence electrons. The van der Waals surface area contributed by atoms with Crippen molar-refractivity contribution in [1.82, 2.24) is 9.13 Å². The molecule has 13 aromatic carbocycles. The van der Waals surface area contributed by atoms with Crippen molar-refractivity contribution >= 4 is 139 Å². The summed E-state index contributed by atoms with van der Waals surface area (Å²) in [6, 6.07) is 101. The van der Waals surface area contributed by atoms with Crippen LogP contribution in [0.4, 0.5) is 51.2 Å². The highest BCUT2D eigenvalue weighted by Gasteiger charge is 2.41. The summed E-state index contributed by atoms with van der Waals surface area (Å²) < 4.78 is 5.04. The predicted octanol–water partition coefficient (Wildman–Crippen LogP) is 21.1. The summed E-state index contributed by atoms with van der Waals surface area (Å²) in [7, 11) is 0. The van der Waals surface area contributed by atoms with Crippen LogP contribution in [0.3, 0.4) is 0 Å². The highest BCUT2D eigenvalue weighted by Crippen LogP contribution is 2.48. The molecule has 2 aliphatic rings. The monoisotopic (exact) mass is 1160 g/mol. The molecule has 0 unspecified atom stereocenters. The lowest BCUT2D eigenvalue weighted by atomic mass is 9.34. The molecule has 0 saturated heterocycles. The zero-order valence-corrected chi connectivity index (χ0v) is 51.8. The lowest BCUT2D eigenvalue weighted by molar-refractivity contribution is 0.506. The third kappa shape index (κ3) is 8.45. The van der Waals surface area contributed by atoms with Gasteiger partial charge in [0.2, 0.25) is 0 Å². The molecule has 4 heterocycles. The van der Waals surface area contributed by atoms with Crippen LogP contribution in [-0.4, -0.2) is 15.8 Å². The largest absolute Gasteiger partial charge is 0.317 e. The number of fused-ring (bicyclic) bond motifs is 8. The van der Waals surface area contributed by atoms with Crippen LogP contribution in [0.1, 0.15) is 65.5 Å². The number of rotatable bonds is 13. The van der Waals surface area contributed by atoms with Gasteiger partial charge in [-0.15, -0.1) is 0 Å². The van der Waals surface area contributed by atoms with Gasteiger partial charge in [-0.25, -0.2) is 0 Å². The molecule has 0 saturated carbocycles. The first-order chi connectivity index (χ1) is 44.0. The maximum absolute atomic E-state index is 2.52. The molecule has 0 fully saturated rings. The Kier molecular flexibility index (Phi) is 12.2. The van der Waals surface area contributed by atoms with E-state index in [4.69, 9.17) is 0 Å². The third-order valence-electron chi connectivity index (χ3n) is 20.6. The number of benzene rings is 13. The lowest BCUT2D eigenvalue weighted by Crippen LogP contribution is -2.59. The number of anilines is 9. The molecule has 17 rings (SSSR count). The van der Waals surface area contributed by atoms with Gasteiger partial charge >= 0.3 is 0 Å². The number of hydrogen-bond donors (Lipinski definition) is 0. The number of nitrogens with zero attached hydrogens (tertiary/aromatic N) is 5. The normalized spacial score (nSPS) is 12.6. The second-order valence-corrected chi connectivity index (χ2v) is 26.3. The molecular formula is C84H68BN5. The van der Waals surface area contributed by atoms with E-state index in [9.17, 15) is 0 Å². The molecule has 2 aliphatic heterocycles. The molecule has 0 aliphatic carbocycles. The van der Waals surface area contributed by atoms with Crippen LogP contribution in [0.15, 0.2) is 279 Å². The molecule has 0 radical (unpaired) electrons. The summed E-state index contributed by atoms with van der Waals surface area (Å²) in [6.07, 6.45) is 6.78. The van der Waals surface area contributed by atoms with E-state index in [1.807, 2.05) is 0 Å². The molecule has 0 N–H and O–H groups in total. The molecular weight excluding hydrogens is 1090 g/mol. The van der Waals surface area contributed by atoms with Crippen LogP contribution in [0.25, 0.3) is 76.3 Å². The average molecular weight is 1160 g/mol. The molecule has 15 aromatic rings. The van der Waals surface area contributed by atoms with Crippen molar-refractivity contribution in [2.75, 3.05) is 14.7 Å². The first kappa shape index (κ1) is 53.7. The fourth-order valence-electron chi connectivity index (χ4n) is 14.8. The quantitative estimate of drug-likeness (QED) is 0.107. The van der Waals surface area contributed by atoms with Gasteiger partial charge in [-0.05, 0) is 203 Å². The predicted molar refractivity (Wildman–Crippen MR) is 385 cm³/mol. The first-order valence-corrected chi connectivity index (χ1v) is 32.0. The van der Waals surface area contributed by atoms with Crippen molar-refractivity contribution in [3.63, 3.8) is 0 Å². The van der Waals surface area contributed by atoms with E-state index in [2.05, 4.69) is 345 Å². The summed E-state index contributed by atoms with van der Waals surface area (Å²) >= 11 is 0. The Balaban J connectivity index is 0.931. The van der Waals surface area contributed by atoms with Gasteiger partial charge < -0.3 is 23.8 Å². The standard InChI is InChI=1S/C84H68BN5/c1-7-83(3,4)63-29-37-65(38-30-63)88(66-39-31-64(32-40-66)84(5,6)8-2)71-53-78-80-79(54-71)87-48-46-73-77(90(69-35-27-57-19-11-15-23-61(57)51-69)70-36-28-58-20-12-16-24-62(58)52-70)44-42-75(82(73)87)85(80)74-41-43-76(72-45-47-86(78)81(72)74)89(67-33-25-55-17-9-13-21-59(55)49-67)68-34-26-56-18-10-14-22-60(56)50-68/h9-54H,7-8H2,1-6H3. The molecule has 2 aromatic heterocycles. The topological polar surface area (TPSA) is 19.6 Å². The van der Waals surface area contributed by atoms with Gasteiger partial charge in [0.15, 0.2) is 0 Å². The molecule has 6 heteroatoms. The third-order valence-corrected chi connectivity index (χ3v) is 20.6. The van der Waals surface area contributed by atoms with Gasteiger partial charge in [0.25, 0.3) is 6.71 Å². The Labute approximate surface area is 527 Å². The summed E-state index contributed by atoms with van der Waals surface area (Å²) in [5.74, 6) is 0. The average Bonchev–Trinajstić information content (AvgIpc) is 1.35. The lowest BCUT2D eigenvalue weighted by Gasteiger charge is -2.36. The minimum absolute atomic E-state index is 0.0379. The van der Waals surface area contributed by atoms with E-state index in [1.54, 1.807) is 0 Å². The summed E-state index contributed by atoms with van der Waals surface area (Å²) in [5.41, 5.74) is 21.5. The first-order valence-electron chi connectivity index (χ1n) is 32.0. The van der Waals surface area contributed by atoms with Gasteiger partial charge in [-0.3, -0.25) is 0 Å². The Hall–Kier alpha value is -10.6.